The summed E-state index contributed by atoms with van der Waals surface area (Å²) in [6.45, 7) is 9.40. The summed E-state index contributed by atoms with van der Waals surface area (Å²) in [7, 11) is 0. The van der Waals surface area contributed by atoms with Crippen LogP contribution in [0.4, 0.5) is 34.1 Å². The molecule has 0 amide bonds. The molecule has 0 N–H and O–H groups in total. The Balaban J connectivity index is 1.12. The minimum absolute atomic E-state index is 0.148. The van der Waals surface area contributed by atoms with Gasteiger partial charge in [-0.1, -0.05) is 131 Å². The highest BCUT2D eigenvalue weighted by Gasteiger charge is 2.43. The number of hydrogen-bond donors (Lipinski definition) is 0. The molecule has 12 rings (SSSR count). The molecule has 268 valence electrons. The fourth-order valence-corrected chi connectivity index (χ4v) is 10.0. The lowest BCUT2D eigenvalue weighted by Crippen LogP contribution is -2.32. The predicted molar refractivity (Wildman–Crippen MR) is 230 cm³/mol. The van der Waals surface area contributed by atoms with E-state index in [-0.39, 0.29) is 10.8 Å². The lowest BCUT2D eigenvalue weighted by Gasteiger charge is -2.45. The molecular weight excluding hydrogens is 685 g/mol. The van der Waals surface area contributed by atoms with Gasteiger partial charge in [0, 0.05) is 38.4 Å². The van der Waals surface area contributed by atoms with E-state index in [9.17, 15) is 0 Å². The average molecular weight is 723 g/mol. The van der Waals surface area contributed by atoms with Gasteiger partial charge in [0.2, 0.25) is 0 Å². The summed E-state index contributed by atoms with van der Waals surface area (Å²) in [4.78, 5) is 4.87. The van der Waals surface area contributed by atoms with Crippen LogP contribution in [0.2, 0.25) is 0 Å². The van der Waals surface area contributed by atoms with Crippen LogP contribution in [0.3, 0.4) is 0 Å². The van der Waals surface area contributed by atoms with Gasteiger partial charge in [0.15, 0.2) is 17.1 Å². The molecule has 2 aliphatic heterocycles. The molecule has 0 saturated carbocycles. The molecule has 0 spiro atoms. The molecular formula is C52H38N2O2. The number of para-hydroxylation sites is 3. The Morgan fingerprint density at radius 1 is 0.482 bits per heavy atom. The fourth-order valence-electron chi connectivity index (χ4n) is 10.0. The molecule has 0 bridgehead atoms. The smallest absolute Gasteiger partial charge is 0.159 e. The molecule has 1 aliphatic carbocycles. The minimum Gasteiger partial charge on any atom is -0.454 e. The van der Waals surface area contributed by atoms with Gasteiger partial charge in [-0.05, 0) is 93.4 Å². The van der Waals surface area contributed by atoms with E-state index in [0.29, 0.717) is 0 Å². The van der Waals surface area contributed by atoms with Crippen LogP contribution in [0.25, 0.3) is 43.8 Å². The monoisotopic (exact) mass is 722 g/mol. The number of hydrogen-bond acceptors (Lipinski definition) is 4. The molecule has 4 nitrogen and oxygen atoms in total. The molecule has 9 aromatic rings. The second-order valence-electron chi connectivity index (χ2n) is 16.5. The summed E-state index contributed by atoms with van der Waals surface area (Å²) in [6, 6.07) is 57.2. The van der Waals surface area contributed by atoms with Crippen molar-refractivity contribution in [3.8, 4) is 22.6 Å². The third-order valence-electron chi connectivity index (χ3n) is 12.8. The summed E-state index contributed by atoms with van der Waals surface area (Å²) in [5, 5.41) is 4.58. The van der Waals surface area contributed by atoms with Crippen LogP contribution < -0.4 is 14.5 Å². The summed E-state index contributed by atoms with van der Waals surface area (Å²) in [6.07, 6.45) is 0. The van der Waals surface area contributed by atoms with E-state index >= 15 is 0 Å². The van der Waals surface area contributed by atoms with Gasteiger partial charge in [0.25, 0.3) is 0 Å². The van der Waals surface area contributed by atoms with E-state index in [1.165, 1.54) is 44.2 Å². The number of fused-ring (bicyclic) bond motifs is 12. The molecule has 0 saturated heterocycles. The van der Waals surface area contributed by atoms with Gasteiger partial charge in [-0.3, -0.25) is 0 Å². The van der Waals surface area contributed by atoms with Gasteiger partial charge in [0.05, 0.1) is 22.7 Å². The van der Waals surface area contributed by atoms with Gasteiger partial charge < -0.3 is 19.0 Å². The number of anilines is 6. The Kier molecular flexibility index (Phi) is 6.15. The van der Waals surface area contributed by atoms with Crippen LogP contribution in [0.15, 0.2) is 162 Å². The van der Waals surface area contributed by atoms with Crippen LogP contribution in [0, 0.1) is 0 Å². The predicted octanol–water partition coefficient (Wildman–Crippen LogP) is 14.7. The van der Waals surface area contributed by atoms with Crippen LogP contribution in [-0.4, -0.2) is 0 Å². The standard InChI is InChI=1S/C52H38N2O2/c1-51(2)39-18-9-7-15-35(39)36-26-24-32(29-41(36)51)53(44-20-11-17-38-37-16-8-10-21-45(37)56-50(38)44)33-25-27-43-42(30-33)52(3,4)40-19-12-22-46-49(40)54(43)48-34-14-6-5-13-31(34)23-28-47(48)55-46/h5-30H,1-4H3. The highest BCUT2D eigenvalue weighted by atomic mass is 16.5. The normalized spacial score (nSPS) is 15.2. The van der Waals surface area contributed by atoms with E-state index in [2.05, 4.69) is 189 Å². The molecule has 56 heavy (non-hydrogen) atoms. The maximum atomic E-state index is 6.76. The maximum Gasteiger partial charge on any atom is 0.159 e. The molecule has 3 heterocycles. The molecule has 1 aromatic heterocycles. The highest BCUT2D eigenvalue weighted by molar-refractivity contribution is 6.11. The Morgan fingerprint density at radius 2 is 1.14 bits per heavy atom. The van der Waals surface area contributed by atoms with Crippen molar-refractivity contribution in [1.82, 2.24) is 0 Å². The second kappa shape index (κ2) is 10.9. The summed E-state index contributed by atoms with van der Waals surface area (Å²) in [5.41, 5.74) is 15.6. The lowest BCUT2D eigenvalue weighted by molar-refractivity contribution is 0.472. The van der Waals surface area contributed by atoms with Crippen molar-refractivity contribution >= 4 is 66.8 Å². The second-order valence-corrected chi connectivity index (χ2v) is 16.5. The quantitative estimate of drug-likeness (QED) is 0.182. The molecule has 0 unspecified atom stereocenters. The topological polar surface area (TPSA) is 28.9 Å². The van der Waals surface area contributed by atoms with Gasteiger partial charge in [0.1, 0.15) is 5.58 Å². The number of furan rings is 1. The van der Waals surface area contributed by atoms with Gasteiger partial charge in [-0.25, -0.2) is 0 Å². The molecule has 0 fully saturated rings. The highest BCUT2D eigenvalue weighted by Crippen LogP contribution is 2.62. The first kappa shape index (κ1) is 31.6. The van der Waals surface area contributed by atoms with E-state index in [4.69, 9.17) is 9.15 Å². The largest absolute Gasteiger partial charge is 0.454 e. The number of rotatable bonds is 3. The zero-order valence-corrected chi connectivity index (χ0v) is 31.7. The third kappa shape index (κ3) is 4.08. The van der Waals surface area contributed by atoms with Crippen molar-refractivity contribution in [1.29, 1.82) is 0 Å². The van der Waals surface area contributed by atoms with E-state index < -0.39 is 0 Å². The van der Waals surface area contributed by atoms with Crippen molar-refractivity contribution < 1.29 is 9.15 Å². The summed E-state index contributed by atoms with van der Waals surface area (Å²) < 4.78 is 13.5. The number of ether oxygens (including phenoxy) is 1. The van der Waals surface area contributed by atoms with Crippen LogP contribution in [-0.2, 0) is 10.8 Å². The Labute approximate surface area is 325 Å². The van der Waals surface area contributed by atoms with Crippen molar-refractivity contribution in [3.05, 3.63) is 180 Å². The maximum absolute atomic E-state index is 6.76. The first-order valence-electron chi connectivity index (χ1n) is 19.5. The molecule has 8 aromatic carbocycles. The van der Waals surface area contributed by atoms with Gasteiger partial charge >= 0.3 is 0 Å². The molecule has 3 aliphatic rings. The van der Waals surface area contributed by atoms with Crippen molar-refractivity contribution in [3.63, 3.8) is 0 Å². The summed E-state index contributed by atoms with van der Waals surface area (Å²) in [5.74, 6) is 1.75. The van der Waals surface area contributed by atoms with Gasteiger partial charge in [-0.15, -0.1) is 0 Å². The van der Waals surface area contributed by atoms with E-state index in [1.807, 2.05) is 6.07 Å². The van der Waals surface area contributed by atoms with Crippen molar-refractivity contribution in [2.24, 2.45) is 0 Å². The molecule has 0 atom stereocenters. The Morgan fingerprint density at radius 3 is 2.04 bits per heavy atom. The van der Waals surface area contributed by atoms with E-state index in [1.54, 1.807) is 0 Å². The Hall–Kier alpha value is -6.78. The summed E-state index contributed by atoms with van der Waals surface area (Å²) >= 11 is 0. The first-order chi connectivity index (χ1) is 27.3. The Bertz CT molecular complexity index is 3150. The third-order valence-corrected chi connectivity index (χ3v) is 12.8. The van der Waals surface area contributed by atoms with Crippen LogP contribution in [0.5, 0.6) is 11.5 Å². The average Bonchev–Trinajstić information content (AvgIpc) is 3.72. The number of benzene rings is 8. The molecule has 0 radical (unpaired) electrons. The zero-order valence-electron chi connectivity index (χ0n) is 31.7. The lowest BCUT2D eigenvalue weighted by atomic mass is 9.73. The van der Waals surface area contributed by atoms with Crippen LogP contribution in [0.1, 0.15) is 49.9 Å². The minimum atomic E-state index is -0.336. The first-order valence-corrected chi connectivity index (χ1v) is 19.5. The zero-order chi connectivity index (χ0) is 37.5. The van der Waals surface area contributed by atoms with Crippen molar-refractivity contribution in [2.45, 2.75) is 38.5 Å². The van der Waals surface area contributed by atoms with Gasteiger partial charge in [-0.2, -0.15) is 0 Å². The number of nitrogens with zero attached hydrogens (tertiary/aromatic N) is 2. The fraction of sp³-hybridized carbons (Fsp3) is 0.115. The molecule has 4 heteroatoms. The van der Waals surface area contributed by atoms with E-state index in [0.717, 1.165) is 67.6 Å². The van der Waals surface area contributed by atoms with Crippen molar-refractivity contribution in [2.75, 3.05) is 9.80 Å². The van der Waals surface area contributed by atoms with Crippen LogP contribution >= 0.6 is 0 Å². The SMILES string of the molecule is CC1(C)c2ccccc2-c2ccc(N(c3ccc4c(c3)C(C)(C)c3cccc5c3N4c3c(ccc4ccccc34)O5)c3cccc4c3oc3ccccc34)cc21.